The number of nitrogens with one attached hydrogen (secondary N) is 1. The zero-order valence-corrected chi connectivity index (χ0v) is 18.4. The highest BCUT2D eigenvalue weighted by Gasteiger charge is 2.43. The summed E-state index contributed by atoms with van der Waals surface area (Å²) in [5, 5.41) is 12.5. The highest BCUT2D eigenvalue weighted by Crippen LogP contribution is 2.41. The summed E-state index contributed by atoms with van der Waals surface area (Å²) in [6.45, 7) is 9.09. The van der Waals surface area contributed by atoms with Gasteiger partial charge in [-0.05, 0) is 45.7 Å². The van der Waals surface area contributed by atoms with Crippen molar-refractivity contribution in [3.05, 3.63) is 71.3 Å². The van der Waals surface area contributed by atoms with Crippen LogP contribution >= 0.6 is 11.8 Å². The number of alkyl carbamates (subject to hydrolysis) is 1. The lowest BCUT2D eigenvalue weighted by molar-refractivity contribution is -0.140. The van der Waals surface area contributed by atoms with Crippen LogP contribution in [-0.4, -0.2) is 28.8 Å². The Balaban J connectivity index is 2.34. The number of hydrogen-bond donors (Lipinski definition) is 2. The molecule has 2 rings (SSSR count). The summed E-state index contributed by atoms with van der Waals surface area (Å²) in [6.07, 6.45) is -0.747. The lowest BCUT2D eigenvalue weighted by Gasteiger charge is -2.36. The Morgan fingerprint density at radius 1 is 1.03 bits per heavy atom. The van der Waals surface area contributed by atoms with Gasteiger partial charge < -0.3 is 15.2 Å². The third-order valence-electron chi connectivity index (χ3n) is 4.47. The molecule has 0 saturated carbocycles. The number of carboxylic acids is 1. The number of aryl methyl sites for hydroxylation is 1. The molecule has 0 heterocycles. The van der Waals surface area contributed by atoms with Crippen LogP contribution in [-0.2, 0) is 20.0 Å². The summed E-state index contributed by atoms with van der Waals surface area (Å²) >= 11 is 1.48. The maximum Gasteiger partial charge on any atom is 0.408 e. The number of hydrogen-bond acceptors (Lipinski definition) is 4. The fourth-order valence-corrected chi connectivity index (χ4v) is 4.17. The van der Waals surface area contributed by atoms with E-state index in [-0.39, 0.29) is 0 Å². The zero-order chi connectivity index (χ0) is 21.7. The van der Waals surface area contributed by atoms with Crippen LogP contribution < -0.4 is 5.32 Å². The molecule has 156 valence electrons. The van der Waals surface area contributed by atoms with Gasteiger partial charge in [-0.2, -0.15) is 0 Å². The zero-order valence-electron chi connectivity index (χ0n) is 17.6. The molecule has 0 bridgehead atoms. The average Bonchev–Trinajstić information content (AvgIpc) is 2.64. The Labute approximate surface area is 176 Å². The van der Waals surface area contributed by atoms with E-state index in [1.807, 2.05) is 68.4 Å². The minimum Gasteiger partial charge on any atom is -0.480 e. The molecule has 0 radical (unpaired) electrons. The average molecular weight is 416 g/mol. The van der Waals surface area contributed by atoms with Gasteiger partial charge in [0.15, 0.2) is 0 Å². The van der Waals surface area contributed by atoms with Crippen LogP contribution in [0.5, 0.6) is 0 Å². The Morgan fingerprint density at radius 2 is 1.62 bits per heavy atom. The van der Waals surface area contributed by atoms with Gasteiger partial charge in [0.25, 0.3) is 0 Å². The molecule has 2 atom stereocenters. The summed E-state index contributed by atoms with van der Waals surface area (Å²) in [5.74, 6) is -0.510. The minimum atomic E-state index is -1.17. The Bertz CT molecular complexity index is 830. The second-order valence-electron chi connectivity index (χ2n) is 8.16. The highest BCUT2D eigenvalue weighted by molar-refractivity contribution is 7.99. The SMILES string of the molecule is Cc1ccc(CS[C@](C)(c2ccccc2)[C@H](NC(=O)OC(C)(C)C)C(=O)O)cc1. The van der Waals surface area contributed by atoms with E-state index in [4.69, 9.17) is 4.74 Å². The summed E-state index contributed by atoms with van der Waals surface area (Å²) in [4.78, 5) is 24.6. The lowest BCUT2D eigenvalue weighted by atomic mass is 9.92. The van der Waals surface area contributed by atoms with Crippen molar-refractivity contribution in [3.8, 4) is 0 Å². The van der Waals surface area contributed by atoms with Crippen LogP contribution in [0.2, 0.25) is 0 Å². The van der Waals surface area contributed by atoms with Crippen LogP contribution in [0.4, 0.5) is 4.79 Å². The maximum atomic E-state index is 12.4. The number of thioether (sulfide) groups is 1. The summed E-state index contributed by atoms with van der Waals surface area (Å²) in [5.41, 5.74) is 2.36. The number of carbonyl (C=O) groups excluding carboxylic acids is 1. The molecule has 2 aromatic rings. The van der Waals surface area contributed by atoms with Crippen molar-refractivity contribution >= 4 is 23.8 Å². The number of carboxylic acid groups (broad SMARTS) is 1. The van der Waals surface area contributed by atoms with E-state index in [0.29, 0.717) is 5.75 Å². The summed E-state index contributed by atoms with van der Waals surface area (Å²) in [6, 6.07) is 16.3. The molecule has 0 aliphatic rings. The highest BCUT2D eigenvalue weighted by atomic mass is 32.2. The van der Waals surface area contributed by atoms with Crippen molar-refractivity contribution in [2.24, 2.45) is 0 Å². The first-order valence-corrected chi connectivity index (χ1v) is 10.5. The van der Waals surface area contributed by atoms with Crippen molar-refractivity contribution in [1.82, 2.24) is 5.32 Å². The van der Waals surface area contributed by atoms with E-state index < -0.39 is 28.5 Å². The lowest BCUT2D eigenvalue weighted by Crippen LogP contribution is -2.53. The number of amides is 1. The van der Waals surface area contributed by atoms with Crippen LogP contribution in [0, 0.1) is 6.92 Å². The molecule has 0 aliphatic heterocycles. The number of ether oxygens (including phenoxy) is 1. The molecule has 0 aromatic heterocycles. The van der Waals surface area contributed by atoms with Crippen molar-refractivity contribution in [2.45, 2.75) is 56.8 Å². The second kappa shape index (κ2) is 9.35. The van der Waals surface area contributed by atoms with Gasteiger partial charge in [0, 0.05) is 5.75 Å². The molecule has 29 heavy (non-hydrogen) atoms. The number of aliphatic carboxylic acids is 1. The van der Waals surface area contributed by atoms with E-state index in [1.54, 1.807) is 20.8 Å². The van der Waals surface area contributed by atoms with E-state index in [0.717, 1.165) is 11.1 Å². The van der Waals surface area contributed by atoms with Gasteiger partial charge >= 0.3 is 12.1 Å². The first kappa shape index (κ1) is 22.8. The molecule has 6 heteroatoms. The molecule has 0 saturated heterocycles. The molecule has 0 unspecified atom stereocenters. The van der Waals surface area contributed by atoms with Crippen LogP contribution in [0.15, 0.2) is 54.6 Å². The van der Waals surface area contributed by atoms with E-state index in [9.17, 15) is 14.7 Å². The fraction of sp³-hybridized carbons (Fsp3) is 0.391. The van der Waals surface area contributed by atoms with Gasteiger partial charge in [0.1, 0.15) is 11.6 Å². The molecular weight excluding hydrogens is 386 g/mol. The van der Waals surface area contributed by atoms with Crippen molar-refractivity contribution < 1.29 is 19.4 Å². The largest absolute Gasteiger partial charge is 0.480 e. The third-order valence-corrected chi connectivity index (χ3v) is 6.01. The number of rotatable bonds is 7. The molecule has 0 fully saturated rings. The monoisotopic (exact) mass is 415 g/mol. The van der Waals surface area contributed by atoms with Crippen LogP contribution in [0.1, 0.15) is 44.4 Å². The van der Waals surface area contributed by atoms with Gasteiger partial charge in [0.2, 0.25) is 0 Å². The molecule has 0 spiro atoms. The minimum absolute atomic E-state index is 0.603. The van der Waals surface area contributed by atoms with Gasteiger partial charge in [-0.25, -0.2) is 9.59 Å². The Morgan fingerprint density at radius 3 is 2.14 bits per heavy atom. The van der Waals surface area contributed by atoms with Gasteiger partial charge in [-0.1, -0.05) is 60.2 Å². The van der Waals surface area contributed by atoms with Crippen molar-refractivity contribution in [1.29, 1.82) is 0 Å². The van der Waals surface area contributed by atoms with Crippen molar-refractivity contribution in [2.75, 3.05) is 0 Å². The Kier molecular flexibility index (Phi) is 7.36. The maximum absolute atomic E-state index is 12.4. The predicted octanol–water partition coefficient (Wildman–Crippen LogP) is 5.12. The second-order valence-corrected chi connectivity index (χ2v) is 9.59. The van der Waals surface area contributed by atoms with Gasteiger partial charge in [-0.15, -0.1) is 11.8 Å². The standard InChI is InChI=1S/C23H29NO4S/c1-16-11-13-17(14-12-16)15-29-23(5,18-9-7-6-8-10-18)19(20(25)26)24-21(27)28-22(2,3)4/h6-14,19H,15H2,1-5H3,(H,24,27)(H,25,26)/t19-,23-/m1/s1. The smallest absolute Gasteiger partial charge is 0.408 e. The van der Waals surface area contributed by atoms with Crippen LogP contribution in [0.3, 0.4) is 0 Å². The molecule has 5 nitrogen and oxygen atoms in total. The normalized spacial score (nSPS) is 14.5. The first-order chi connectivity index (χ1) is 13.5. The first-order valence-electron chi connectivity index (χ1n) is 9.48. The number of carbonyl (C=O) groups is 2. The van der Waals surface area contributed by atoms with Crippen LogP contribution in [0.25, 0.3) is 0 Å². The molecule has 2 aromatic carbocycles. The van der Waals surface area contributed by atoms with E-state index >= 15 is 0 Å². The molecule has 0 aliphatic carbocycles. The summed E-state index contributed by atoms with van der Waals surface area (Å²) < 4.78 is 4.39. The quantitative estimate of drug-likeness (QED) is 0.656. The molecule has 1 amide bonds. The number of benzene rings is 2. The van der Waals surface area contributed by atoms with E-state index in [1.165, 1.54) is 17.3 Å². The fourth-order valence-electron chi connectivity index (χ4n) is 2.88. The van der Waals surface area contributed by atoms with E-state index in [2.05, 4.69) is 5.32 Å². The van der Waals surface area contributed by atoms with Crippen molar-refractivity contribution in [3.63, 3.8) is 0 Å². The summed E-state index contributed by atoms with van der Waals surface area (Å²) in [7, 11) is 0. The predicted molar refractivity (Wildman–Crippen MR) is 117 cm³/mol. The van der Waals surface area contributed by atoms with Gasteiger partial charge in [-0.3, -0.25) is 0 Å². The van der Waals surface area contributed by atoms with Gasteiger partial charge in [0.05, 0.1) is 4.75 Å². The molecule has 2 N–H and O–H groups in total. The topological polar surface area (TPSA) is 75.6 Å². The Hall–Kier alpha value is -2.47. The third kappa shape index (κ3) is 6.53. The molecular formula is C23H29NO4S.